The Bertz CT molecular complexity index is 2020. The summed E-state index contributed by atoms with van der Waals surface area (Å²) in [6.45, 7) is 11.6. The third-order valence-electron chi connectivity index (χ3n) is 13.7. The van der Waals surface area contributed by atoms with Crippen LogP contribution in [0.1, 0.15) is 97.6 Å². The minimum absolute atomic E-state index is 0.0458. The van der Waals surface area contributed by atoms with Crippen LogP contribution in [0.3, 0.4) is 0 Å². The molecule has 1 saturated heterocycles. The Morgan fingerprint density at radius 1 is 0.763 bits per heavy atom. The first-order valence-corrected chi connectivity index (χ1v) is 24.7. The van der Waals surface area contributed by atoms with Gasteiger partial charge in [-0.15, -0.1) is 0 Å². The van der Waals surface area contributed by atoms with Gasteiger partial charge in [0.1, 0.15) is 0 Å². The average Bonchev–Trinajstić information content (AvgIpc) is 3.75. The van der Waals surface area contributed by atoms with Crippen LogP contribution >= 0.6 is 20.2 Å². The fourth-order valence-corrected chi connectivity index (χ4v) is 18.2. The zero-order valence-corrected chi connectivity index (χ0v) is 36.7. The van der Waals surface area contributed by atoms with E-state index in [1.165, 1.54) is 24.3 Å². The van der Waals surface area contributed by atoms with Crippen molar-refractivity contribution in [3.63, 3.8) is 0 Å². The first-order chi connectivity index (χ1) is 27.3. The number of fused-ring (bicyclic) bond motifs is 1. The van der Waals surface area contributed by atoms with Crippen molar-refractivity contribution in [2.24, 2.45) is 46.8 Å². The van der Waals surface area contributed by atoms with Crippen LogP contribution in [0.5, 0.6) is 0 Å². The monoisotopic (exact) mass is 964 g/mol. The number of carbonyl (C=O) groups excluding carboxylic acids is 3. The third kappa shape index (κ3) is 7.49. The molecule has 7 unspecified atom stereocenters. The van der Waals surface area contributed by atoms with Gasteiger partial charge < -0.3 is 0 Å². The summed E-state index contributed by atoms with van der Waals surface area (Å²) in [5, 5.41) is -5.83. The van der Waals surface area contributed by atoms with Crippen molar-refractivity contribution in [1.29, 1.82) is 0 Å². The standard InChI is InChI=1S/C43H50F5IO9S/c1-39(2,3)25-7-11-27(12-8-25)49(28-13-9-26(10-14-28)40(4,5)6)58-59(53,54)43(47,48)37(42(44,45)46)57-36(51)32-30-18-29-31(32)35(50)55-33(29)34(30)56-38(52)41-19-22-15-23(20-41)17-24(16-22)21-41/h7-14,22-24,29-34,37H,15-21H2,1-6H3. The molecule has 9 nitrogen and oxygen atoms in total. The molecule has 2 aromatic carbocycles. The van der Waals surface area contributed by atoms with Crippen molar-refractivity contribution in [2.45, 2.75) is 127 Å². The van der Waals surface area contributed by atoms with Crippen molar-refractivity contribution in [3.8, 4) is 0 Å². The second kappa shape index (κ2) is 14.3. The molecule has 7 atom stereocenters. The predicted octanol–water partition coefficient (Wildman–Crippen LogP) is 9.09. The van der Waals surface area contributed by atoms with Crippen LogP contribution in [0, 0.1) is 54.0 Å². The molecule has 59 heavy (non-hydrogen) atoms. The molecule has 16 heteroatoms. The summed E-state index contributed by atoms with van der Waals surface area (Å²) in [6, 6.07) is 12.8. The first kappa shape index (κ1) is 42.8. The molecule has 7 fully saturated rings. The summed E-state index contributed by atoms with van der Waals surface area (Å²) < 4.78 is 126. The van der Waals surface area contributed by atoms with E-state index in [1.807, 2.05) is 41.5 Å². The Kier molecular flexibility index (Phi) is 10.4. The van der Waals surface area contributed by atoms with Crippen molar-refractivity contribution >= 4 is 48.3 Å². The molecule has 6 saturated carbocycles. The van der Waals surface area contributed by atoms with Crippen LogP contribution in [0.15, 0.2) is 48.5 Å². The van der Waals surface area contributed by atoms with E-state index in [-0.39, 0.29) is 24.4 Å². The van der Waals surface area contributed by atoms with Gasteiger partial charge in [-0.3, -0.25) is 0 Å². The molecule has 1 heterocycles. The molecule has 0 spiro atoms. The van der Waals surface area contributed by atoms with Crippen LogP contribution in [0.2, 0.25) is 0 Å². The van der Waals surface area contributed by atoms with Gasteiger partial charge in [-0.1, -0.05) is 0 Å². The average molecular weight is 965 g/mol. The van der Waals surface area contributed by atoms with Crippen molar-refractivity contribution in [2.75, 3.05) is 0 Å². The molecule has 0 N–H and O–H groups in total. The van der Waals surface area contributed by atoms with Gasteiger partial charge in [0, 0.05) is 0 Å². The minimum atomic E-state index is -6.49. The third-order valence-corrected chi connectivity index (χ3v) is 21.0. The molecule has 6 aliphatic carbocycles. The summed E-state index contributed by atoms with van der Waals surface area (Å²) in [5.74, 6) is -6.99. The predicted molar refractivity (Wildman–Crippen MR) is 212 cm³/mol. The Morgan fingerprint density at radius 3 is 1.68 bits per heavy atom. The van der Waals surface area contributed by atoms with Gasteiger partial charge in [0.25, 0.3) is 0 Å². The quantitative estimate of drug-likeness (QED) is 0.0994. The summed E-state index contributed by atoms with van der Waals surface area (Å²) >= 11 is -3.98. The van der Waals surface area contributed by atoms with Crippen molar-refractivity contribution in [3.05, 3.63) is 66.8 Å². The van der Waals surface area contributed by atoms with Crippen molar-refractivity contribution < 1.29 is 61.5 Å². The van der Waals surface area contributed by atoms with E-state index < -0.39 is 107 Å². The Balaban J connectivity index is 1.05. The molecule has 324 valence electrons. The summed E-state index contributed by atoms with van der Waals surface area (Å²) in [6.07, 6.45) is -7.62. The molecule has 9 rings (SSSR count). The van der Waals surface area contributed by atoms with Crippen LogP contribution in [0.4, 0.5) is 22.0 Å². The number of esters is 3. The fourth-order valence-electron chi connectivity index (χ4n) is 11.2. The molecule has 1 aliphatic heterocycles. The molecule has 2 aromatic rings. The van der Waals surface area contributed by atoms with E-state index in [0.717, 1.165) is 30.4 Å². The number of halogens is 6. The SMILES string of the molecule is CC(C)(C)c1ccc(I(OS(=O)(=O)C(F)(F)C(OC(=O)C2C3CC4C(OC(=O)C42)C3OC(=O)C23CC4CC(CC(C4)C2)C3)C(F)(F)F)c2ccc(C(C)(C)C)cc2)cc1. The summed E-state index contributed by atoms with van der Waals surface area (Å²) in [4.78, 5) is 40.8. The van der Waals surface area contributed by atoms with Gasteiger partial charge >= 0.3 is 294 Å². The van der Waals surface area contributed by atoms with Gasteiger partial charge in [-0.05, 0) is 56.3 Å². The van der Waals surface area contributed by atoms with Gasteiger partial charge in [0.15, 0.2) is 0 Å². The first-order valence-electron chi connectivity index (χ1n) is 20.2. The zero-order chi connectivity index (χ0) is 42.8. The number of alkyl halides is 5. The topological polar surface area (TPSA) is 122 Å². The molecule has 7 aliphatic rings. The van der Waals surface area contributed by atoms with Gasteiger partial charge in [-0.25, -0.2) is 0 Å². The van der Waals surface area contributed by atoms with E-state index in [1.54, 1.807) is 24.3 Å². The molecular weight excluding hydrogens is 914 g/mol. The second-order valence-corrected chi connectivity index (χ2v) is 26.4. The Labute approximate surface area is 348 Å². The number of rotatable bonds is 10. The molecular formula is C43H50F5IO9S. The zero-order valence-electron chi connectivity index (χ0n) is 33.7. The van der Waals surface area contributed by atoms with E-state index >= 15 is 8.78 Å². The Hall–Kier alpha value is -2.86. The number of carbonyl (C=O) groups is 3. The summed E-state index contributed by atoms with van der Waals surface area (Å²) in [7, 11) is -6.49. The van der Waals surface area contributed by atoms with Crippen molar-refractivity contribution in [1.82, 2.24) is 0 Å². The normalized spacial score (nSPS) is 33.2. The molecule has 0 amide bonds. The van der Waals surface area contributed by atoms with E-state index in [2.05, 4.69) is 4.74 Å². The molecule has 0 aromatic heterocycles. The Morgan fingerprint density at radius 2 is 1.24 bits per heavy atom. The second-order valence-electron chi connectivity index (χ2n) is 19.8. The van der Waals surface area contributed by atoms with Gasteiger partial charge in [-0.2, -0.15) is 0 Å². The van der Waals surface area contributed by atoms with Gasteiger partial charge in [0.05, 0.1) is 0 Å². The van der Waals surface area contributed by atoms with Crippen LogP contribution < -0.4 is 0 Å². The number of benzene rings is 2. The van der Waals surface area contributed by atoms with E-state index in [9.17, 15) is 36.0 Å². The van der Waals surface area contributed by atoms with E-state index in [0.29, 0.717) is 37.0 Å². The number of hydrogen-bond donors (Lipinski definition) is 0. The van der Waals surface area contributed by atoms with Crippen LogP contribution in [-0.4, -0.2) is 56.1 Å². The summed E-state index contributed by atoms with van der Waals surface area (Å²) in [5.41, 5.74) is 0.263. The number of hydrogen-bond acceptors (Lipinski definition) is 9. The van der Waals surface area contributed by atoms with Crippen LogP contribution in [0.25, 0.3) is 0 Å². The maximum atomic E-state index is 16.3. The molecule has 6 bridgehead atoms. The molecule has 0 radical (unpaired) electrons. The van der Waals surface area contributed by atoms with Gasteiger partial charge in [0.2, 0.25) is 0 Å². The maximum absolute atomic E-state index is 16.3. The van der Waals surface area contributed by atoms with Crippen LogP contribution in [-0.2, 0) is 52.1 Å². The number of ether oxygens (including phenoxy) is 3. The van der Waals surface area contributed by atoms with E-state index in [4.69, 9.17) is 12.0 Å². The fraction of sp³-hybridized carbons (Fsp3) is 0.651.